The number of carbonyl (C=O) groups excluding carboxylic acids is 2. The van der Waals surface area contributed by atoms with Crippen molar-refractivity contribution >= 4 is 23.5 Å². The topological polar surface area (TPSA) is 138 Å². The van der Waals surface area contributed by atoms with Crippen molar-refractivity contribution in [3.8, 4) is 11.5 Å². The van der Waals surface area contributed by atoms with E-state index in [1.54, 1.807) is 13.1 Å². The predicted molar refractivity (Wildman–Crippen MR) is 181 cm³/mol. The van der Waals surface area contributed by atoms with Gasteiger partial charge in [-0.3, -0.25) is 9.59 Å². The normalized spacial score (nSPS) is 14.0. The van der Waals surface area contributed by atoms with E-state index in [1.807, 2.05) is 26.1 Å². The van der Waals surface area contributed by atoms with Gasteiger partial charge in [0.1, 0.15) is 23.8 Å². The number of nitrogens with two attached hydrogens (primary N) is 1. The third-order valence-corrected chi connectivity index (χ3v) is 8.50. The number of phenolic OH excluding ortho intramolecular Hbond substituents is 1. The summed E-state index contributed by atoms with van der Waals surface area (Å²) in [6, 6.07) is 12.1. The van der Waals surface area contributed by atoms with E-state index in [1.165, 1.54) is 12.0 Å². The van der Waals surface area contributed by atoms with Crippen LogP contribution >= 0.6 is 0 Å². The zero-order chi connectivity index (χ0) is 32.4. The van der Waals surface area contributed by atoms with Gasteiger partial charge in [0.15, 0.2) is 6.29 Å². The lowest BCUT2D eigenvalue weighted by molar-refractivity contribution is -0.135. The molecule has 248 valence electrons. The van der Waals surface area contributed by atoms with Crippen molar-refractivity contribution in [3.63, 3.8) is 0 Å². The minimum atomic E-state index is -0.0855. The molecule has 0 atom stereocenters. The van der Waals surface area contributed by atoms with Gasteiger partial charge in [0.2, 0.25) is 5.91 Å². The lowest BCUT2D eigenvalue weighted by atomic mass is 9.94. The second-order valence-electron chi connectivity index (χ2n) is 11.4. The molecule has 2 aromatic rings. The molecule has 6 N–H and O–H groups in total. The summed E-state index contributed by atoms with van der Waals surface area (Å²) in [5.74, 6) is 0.704. The van der Waals surface area contributed by atoms with E-state index >= 15 is 0 Å². The highest BCUT2D eigenvalue weighted by atomic mass is 16.5. The molecular weight excluding hydrogens is 570 g/mol. The molecule has 10 nitrogen and oxygen atoms in total. The van der Waals surface area contributed by atoms with Crippen LogP contribution in [0.5, 0.6) is 11.5 Å². The van der Waals surface area contributed by atoms with Crippen molar-refractivity contribution in [2.45, 2.75) is 64.3 Å². The maximum absolute atomic E-state index is 13.4. The number of carbonyl (C=O) groups is 2. The highest BCUT2D eigenvalue weighted by Gasteiger charge is 2.25. The van der Waals surface area contributed by atoms with Crippen LogP contribution in [0.15, 0.2) is 42.1 Å². The monoisotopic (exact) mass is 623 g/mol. The predicted octanol–water partition coefficient (Wildman–Crippen LogP) is 3.86. The molecule has 45 heavy (non-hydrogen) atoms. The molecule has 1 saturated carbocycles. The van der Waals surface area contributed by atoms with Gasteiger partial charge in [0.25, 0.3) is 0 Å². The summed E-state index contributed by atoms with van der Waals surface area (Å²) in [5.41, 5.74) is 11.8. The van der Waals surface area contributed by atoms with Crippen molar-refractivity contribution in [2.75, 3.05) is 65.4 Å². The largest absolute Gasteiger partial charge is 0.506 e. The van der Waals surface area contributed by atoms with Gasteiger partial charge in [-0.2, -0.15) is 0 Å². The van der Waals surface area contributed by atoms with Crippen LogP contribution in [0.3, 0.4) is 0 Å². The molecule has 0 heterocycles. The fraction of sp³-hybridized carbons (Fsp3) is 0.543. The van der Waals surface area contributed by atoms with Crippen LogP contribution in [0.1, 0.15) is 62.1 Å². The number of hydrogen-bond donors (Lipinski definition) is 5. The van der Waals surface area contributed by atoms with Crippen molar-refractivity contribution in [3.05, 3.63) is 58.8 Å². The van der Waals surface area contributed by atoms with Crippen LogP contribution in [0.4, 0.5) is 5.69 Å². The SMILES string of the molecule is CN/C(C)=C(\CN)c1cccc(CCOCCC(=O)N(CCNCCc2ccc(O)c(NC)c2OCC=O)C2CCCCC2)c1. The smallest absolute Gasteiger partial charge is 0.225 e. The number of ether oxygens (including phenoxy) is 2. The first-order valence-electron chi connectivity index (χ1n) is 16.3. The Kier molecular flexibility index (Phi) is 15.7. The van der Waals surface area contributed by atoms with Gasteiger partial charge in [-0.25, -0.2) is 0 Å². The summed E-state index contributed by atoms with van der Waals surface area (Å²) < 4.78 is 11.5. The first-order chi connectivity index (χ1) is 21.9. The van der Waals surface area contributed by atoms with Crippen molar-refractivity contribution in [1.82, 2.24) is 15.5 Å². The molecule has 0 radical (unpaired) electrons. The van der Waals surface area contributed by atoms with E-state index in [-0.39, 0.29) is 24.3 Å². The molecule has 0 aromatic heterocycles. The number of allylic oxidation sites excluding steroid dienone is 1. The summed E-state index contributed by atoms with van der Waals surface area (Å²) in [4.78, 5) is 26.3. The van der Waals surface area contributed by atoms with Gasteiger partial charge in [0.05, 0.1) is 19.6 Å². The molecule has 0 unspecified atom stereocenters. The van der Waals surface area contributed by atoms with Gasteiger partial charge in [-0.05, 0) is 67.5 Å². The van der Waals surface area contributed by atoms with E-state index in [4.69, 9.17) is 15.2 Å². The molecule has 1 aliphatic carbocycles. The number of nitrogens with one attached hydrogen (secondary N) is 3. The Balaban J connectivity index is 1.48. The van der Waals surface area contributed by atoms with Gasteiger partial charge in [-0.15, -0.1) is 0 Å². The minimum absolute atomic E-state index is 0.0729. The number of anilines is 1. The highest BCUT2D eigenvalue weighted by molar-refractivity contribution is 5.76. The fourth-order valence-electron chi connectivity index (χ4n) is 5.94. The second kappa shape index (κ2) is 19.7. The number of amides is 1. The summed E-state index contributed by atoms with van der Waals surface area (Å²) in [6.07, 6.45) is 8.12. The number of nitrogens with zero attached hydrogens (tertiary/aromatic N) is 1. The fourth-order valence-corrected chi connectivity index (χ4v) is 5.94. The molecule has 0 bridgehead atoms. The number of hydrogen-bond acceptors (Lipinski definition) is 9. The Morgan fingerprint density at radius 3 is 2.60 bits per heavy atom. The van der Waals surface area contributed by atoms with Gasteiger partial charge in [-0.1, -0.05) is 49.6 Å². The van der Waals surface area contributed by atoms with Crippen LogP contribution in [0.25, 0.3) is 5.57 Å². The first-order valence-corrected chi connectivity index (χ1v) is 16.3. The second-order valence-corrected chi connectivity index (χ2v) is 11.4. The van der Waals surface area contributed by atoms with Gasteiger partial charge < -0.3 is 41.2 Å². The summed E-state index contributed by atoms with van der Waals surface area (Å²) in [7, 11) is 3.61. The minimum Gasteiger partial charge on any atom is -0.506 e. The molecule has 0 spiro atoms. The summed E-state index contributed by atoms with van der Waals surface area (Å²) in [6.45, 7) is 5.36. The van der Waals surface area contributed by atoms with Gasteiger partial charge in [0, 0.05) is 45.5 Å². The molecule has 2 aromatic carbocycles. The maximum Gasteiger partial charge on any atom is 0.225 e. The van der Waals surface area contributed by atoms with E-state index in [0.717, 1.165) is 54.5 Å². The molecular formula is C35H53N5O5. The number of aromatic hydroxyl groups is 1. The van der Waals surface area contributed by atoms with Gasteiger partial charge >= 0.3 is 0 Å². The zero-order valence-corrected chi connectivity index (χ0v) is 27.3. The standard InChI is InChI=1S/C35H53N5O5/c1-26(37-2)31(25-36)29-9-7-8-27(24-29)15-21-44-22-16-33(43)40(30-10-5-4-6-11-30)19-18-39-17-14-28-12-13-32(42)34(38-3)35(28)45-23-20-41/h7-9,12-13,20,24,30,37-39,42H,4-6,10-11,14-19,21-23,25,36H2,1-3H3/b31-26+. The van der Waals surface area contributed by atoms with Crippen molar-refractivity contribution in [2.24, 2.45) is 5.73 Å². The molecule has 3 rings (SSSR count). The maximum atomic E-state index is 13.4. The lowest BCUT2D eigenvalue weighted by Gasteiger charge is -2.34. The first kappa shape index (κ1) is 35.9. The third kappa shape index (κ3) is 11.1. The summed E-state index contributed by atoms with van der Waals surface area (Å²) in [5, 5.41) is 19.8. The van der Waals surface area contributed by atoms with Crippen LogP contribution in [0.2, 0.25) is 0 Å². The Hall–Kier alpha value is -3.60. The van der Waals surface area contributed by atoms with Crippen LogP contribution in [-0.2, 0) is 27.2 Å². The van der Waals surface area contributed by atoms with Crippen molar-refractivity contribution in [1.29, 1.82) is 0 Å². The highest BCUT2D eigenvalue weighted by Crippen LogP contribution is 2.37. The number of phenols is 1. The van der Waals surface area contributed by atoms with E-state index in [0.29, 0.717) is 70.0 Å². The Bertz CT molecular complexity index is 1240. The van der Waals surface area contributed by atoms with Crippen molar-refractivity contribution < 1.29 is 24.2 Å². The van der Waals surface area contributed by atoms with E-state index < -0.39 is 0 Å². The molecule has 1 fully saturated rings. The Morgan fingerprint density at radius 2 is 1.89 bits per heavy atom. The third-order valence-electron chi connectivity index (χ3n) is 8.50. The molecule has 0 saturated heterocycles. The average molecular weight is 624 g/mol. The number of benzene rings is 2. The Labute approximate surface area is 268 Å². The average Bonchev–Trinajstić information content (AvgIpc) is 3.06. The van der Waals surface area contributed by atoms with E-state index in [9.17, 15) is 14.7 Å². The molecule has 1 amide bonds. The number of rotatable bonds is 20. The Morgan fingerprint density at radius 1 is 1.09 bits per heavy atom. The van der Waals surface area contributed by atoms with Crippen LogP contribution < -0.4 is 26.4 Å². The molecule has 10 heteroatoms. The molecule has 0 aliphatic heterocycles. The lowest BCUT2D eigenvalue weighted by Crippen LogP contribution is -2.45. The summed E-state index contributed by atoms with van der Waals surface area (Å²) >= 11 is 0. The van der Waals surface area contributed by atoms with Crippen LogP contribution in [0, 0.1) is 0 Å². The number of aldehydes is 1. The molecule has 1 aliphatic rings. The zero-order valence-electron chi connectivity index (χ0n) is 27.3. The van der Waals surface area contributed by atoms with Crippen LogP contribution in [-0.4, -0.2) is 88.3 Å². The quantitative estimate of drug-likeness (QED) is 0.0846. The van der Waals surface area contributed by atoms with E-state index in [2.05, 4.69) is 39.0 Å².